The van der Waals surface area contributed by atoms with Gasteiger partial charge in [0.25, 0.3) is 5.91 Å². The molecule has 7 nitrogen and oxygen atoms in total. The fourth-order valence-corrected chi connectivity index (χ4v) is 2.55. The van der Waals surface area contributed by atoms with Gasteiger partial charge in [0.15, 0.2) is 0 Å². The van der Waals surface area contributed by atoms with Gasteiger partial charge in [-0.25, -0.2) is 0 Å². The zero-order valence-electron chi connectivity index (χ0n) is 12.9. The number of nitrogens with zero attached hydrogens (tertiary/aromatic N) is 2. The molecule has 0 aliphatic heterocycles. The second-order valence-corrected chi connectivity index (χ2v) is 5.99. The van der Waals surface area contributed by atoms with E-state index in [0.29, 0.717) is 23.9 Å². The summed E-state index contributed by atoms with van der Waals surface area (Å²) in [6, 6.07) is 10.4. The van der Waals surface area contributed by atoms with Crippen LogP contribution in [0, 0.1) is 0 Å². The molecule has 4 N–H and O–H groups in total. The van der Waals surface area contributed by atoms with Gasteiger partial charge < -0.3 is 10.4 Å². The highest BCUT2D eigenvalue weighted by molar-refractivity contribution is 5.93. The number of phenols is 1. The normalized spacial score (nSPS) is 13.8. The Bertz CT molecular complexity index is 861. The monoisotopic (exact) mass is 323 g/mol. The van der Waals surface area contributed by atoms with Gasteiger partial charge in [-0.2, -0.15) is 10.2 Å². The highest BCUT2D eigenvalue weighted by Gasteiger charge is 2.26. The van der Waals surface area contributed by atoms with E-state index in [1.165, 1.54) is 12.8 Å². The molecule has 122 valence electrons. The number of rotatable bonds is 5. The largest absolute Gasteiger partial charge is 0.508 e. The van der Waals surface area contributed by atoms with E-state index in [1.54, 1.807) is 30.3 Å². The van der Waals surface area contributed by atoms with E-state index in [2.05, 4.69) is 25.7 Å². The number of amides is 1. The lowest BCUT2D eigenvalue weighted by Crippen LogP contribution is -2.23. The molecule has 0 bridgehead atoms. The van der Waals surface area contributed by atoms with Crippen molar-refractivity contribution in [2.45, 2.75) is 25.3 Å². The summed E-state index contributed by atoms with van der Waals surface area (Å²) in [7, 11) is 0. The number of benzene rings is 1. The van der Waals surface area contributed by atoms with Gasteiger partial charge in [0.1, 0.15) is 11.4 Å². The Labute approximate surface area is 138 Å². The Morgan fingerprint density at radius 1 is 1.17 bits per heavy atom. The van der Waals surface area contributed by atoms with Crippen molar-refractivity contribution >= 4 is 5.91 Å². The van der Waals surface area contributed by atoms with Crippen LogP contribution in [0.5, 0.6) is 5.75 Å². The number of carbonyl (C=O) groups is 1. The number of phenolic OH excluding ortho intramolecular Hbond substituents is 1. The lowest BCUT2D eigenvalue weighted by atomic mass is 10.1. The molecule has 4 rings (SSSR count). The first-order valence-electron chi connectivity index (χ1n) is 7.86. The Morgan fingerprint density at radius 2 is 1.96 bits per heavy atom. The standard InChI is InChI=1S/C17H17N5O2/c23-13-5-3-11(4-6-13)15-8-16(22-21-15)17(24)18-9-12-7-14(20-19-12)10-1-2-10/h3-8,10,23H,1-2,9H2,(H,18,24)(H,19,20)(H,21,22). The molecule has 0 unspecified atom stereocenters. The summed E-state index contributed by atoms with van der Waals surface area (Å²) in [4.78, 5) is 12.2. The van der Waals surface area contributed by atoms with E-state index < -0.39 is 0 Å². The van der Waals surface area contributed by atoms with Gasteiger partial charge in [-0.3, -0.25) is 15.0 Å². The highest BCUT2D eigenvalue weighted by atomic mass is 16.3. The Hall–Kier alpha value is -3.09. The van der Waals surface area contributed by atoms with E-state index in [9.17, 15) is 9.90 Å². The van der Waals surface area contributed by atoms with Crippen molar-refractivity contribution in [2.24, 2.45) is 0 Å². The minimum absolute atomic E-state index is 0.192. The summed E-state index contributed by atoms with van der Waals surface area (Å²) in [5.41, 5.74) is 3.84. The van der Waals surface area contributed by atoms with Gasteiger partial charge in [-0.1, -0.05) is 0 Å². The number of hydrogen-bond donors (Lipinski definition) is 4. The predicted molar refractivity (Wildman–Crippen MR) is 87.4 cm³/mol. The van der Waals surface area contributed by atoms with Crippen molar-refractivity contribution in [3.05, 3.63) is 53.5 Å². The molecule has 1 aliphatic rings. The second kappa shape index (κ2) is 5.84. The number of aromatic nitrogens is 4. The number of hydrogen-bond acceptors (Lipinski definition) is 4. The third kappa shape index (κ3) is 3.01. The quantitative estimate of drug-likeness (QED) is 0.578. The molecule has 1 fully saturated rings. The predicted octanol–water partition coefficient (Wildman–Crippen LogP) is 2.31. The van der Waals surface area contributed by atoms with Crippen LogP contribution in [0.4, 0.5) is 0 Å². The molecule has 24 heavy (non-hydrogen) atoms. The summed E-state index contributed by atoms with van der Waals surface area (Å²) in [6.45, 7) is 0.395. The zero-order chi connectivity index (χ0) is 16.5. The Morgan fingerprint density at radius 3 is 2.71 bits per heavy atom. The van der Waals surface area contributed by atoms with Gasteiger partial charge >= 0.3 is 0 Å². The van der Waals surface area contributed by atoms with Gasteiger partial charge in [-0.05, 0) is 49.2 Å². The highest BCUT2D eigenvalue weighted by Crippen LogP contribution is 2.38. The average Bonchev–Trinajstić information content (AvgIpc) is 3.13. The van der Waals surface area contributed by atoms with Crippen LogP contribution in [-0.2, 0) is 6.54 Å². The molecule has 2 aromatic heterocycles. The maximum absolute atomic E-state index is 12.2. The van der Waals surface area contributed by atoms with Gasteiger partial charge in [0.2, 0.25) is 0 Å². The number of aromatic amines is 2. The molecule has 0 atom stereocenters. The Balaban J connectivity index is 1.39. The topological polar surface area (TPSA) is 107 Å². The van der Waals surface area contributed by atoms with Crippen molar-refractivity contribution in [3.63, 3.8) is 0 Å². The molecular weight excluding hydrogens is 306 g/mol. The van der Waals surface area contributed by atoms with Crippen molar-refractivity contribution < 1.29 is 9.90 Å². The van der Waals surface area contributed by atoms with E-state index in [-0.39, 0.29) is 11.7 Å². The maximum Gasteiger partial charge on any atom is 0.269 e. The smallest absolute Gasteiger partial charge is 0.269 e. The third-order valence-corrected chi connectivity index (χ3v) is 4.07. The van der Waals surface area contributed by atoms with Crippen molar-refractivity contribution in [2.75, 3.05) is 0 Å². The molecule has 1 aromatic carbocycles. The van der Waals surface area contributed by atoms with Gasteiger partial charge in [-0.15, -0.1) is 0 Å². The molecule has 0 saturated heterocycles. The number of H-pyrrole nitrogens is 2. The van der Waals surface area contributed by atoms with Crippen LogP contribution >= 0.6 is 0 Å². The lowest BCUT2D eigenvalue weighted by molar-refractivity contribution is 0.0945. The molecule has 0 spiro atoms. The van der Waals surface area contributed by atoms with Crippen LogP contribution in [0.2, 0.25) is 0 Å². The number of carbonyl (C=O) groups excluding carboxylic acids is 1. The van der Waals surface area contributed by atoms with E-state index in [0.717, 1.165) is 17.0 Å². The van der Waals surface area contributed by atoms with Crippen LogP contribution in [0.3, 0.4) is 0 Å². The maximum atomic E-state index is 12.2. The fraction of sp³-hybridized carbons (Fsp3) is 0.235. The lowest BCUT2D eigenvalue weighted by Gasteiger charge is -2.00. The van der Waals surface area contributed by atoms with Crippen LogP contribution in [-0.4, -0.2) is 31.4 Å². The first-order valence-corrected chi connectivity index (χ1v) is 7.86. The third-order valence-electron chi connectivity index (χ3n) is 4.07. The van der Waals surface area contributed by atoms with E-state index >= 15 is 0 Å². The van der Waals surface area contributed by atoms with Crippen LogP contribution in [0.1, 0.15) is 40.6 Å². The van der Waals surface area contributed by atoms with Crippen LogP contribution in [0.25, 0.3) is 11.3 Å². The molecule has 2 heterocycles. The summed E-state index contributed by atoms with van der Waals surface area (Å²) >= 11 is 0. The first-order chi connectivity index (χ1) is 11.7. The number of nitrogens with one attached hydrogen (secondary N) is 3. The second-order valence-electron chi connectivity index (χ2n) is 5.99. The van der Waals surface area contributed by atoms with Crippen LogP contribution < -0.4 is 5.32 Å². The van der Waals surface area contributed by atoms with Gasteiger partial charge in [0, 0.05) is 11.5 Å². The number of aromatic hydroxyl groups is 1. The minimum atomic E-state index is -0.227. The van der Waals surface area contributed by atoms with E-state index in [1.807, 2.05) is 6.07 Å². The van der Waals surface area contributed by atoms with Gasteiger partial charge in [0.05, 0.1) is 23.6 Å². The average molecular weight is 323 g/mol. The molecule has 7 heteroatoms. The molecular formula is C17H17N5O2. The van der Waals surface area contributed by atoms with E-state index in [4.69, 9.17) is 0 Å². The van der Waals surface area contributed by atoms with Crippen LogP contribution in [0.15, 0.2) is 36.4 Å². The molecule has 1 amide bonds. The SMILES string of the molecule is O=C(NCc1cc(C2CC2)n[nH]1)c1cc(-c2ccc(O)cc2)n[nH]1. The zero-order valence-corrected chi connectivity index (χ0v) is 12.9. The summed E-state index contributed by atoms with van der Waals surface area (Å²) in [5, 5.41) is 26.3. The van der Waals surface area contributed by atoms with Crippen molar-refractivity contribution in [1.29, 1.82) is 0 Å². The molecule has 0 radical (unpaired) electrons. The summed E-state index contributed by atoms with van der Waals surface area (Å²) < 4.78 is 0. The van der Waals surface area contributed by atoms with Crippen molar-refractivity contribution in [1.82, 2.24) is 25.7 Å². The minimum Gasteiger partial charge on any atom is -0.508 e. The first kappa shape index (κ1) is 14.5. The Kier molecular flexibility index (Phi) is 3.53. The fourth-order valence-electron chi connectivity index (χ4n) is 2.55. The summed E-state index contributed by atoms with van der Waals surface area (Å²) in [5.74, 6) is 0.554. The molecule has 1 saturated carbocycles. The summed E-state index contributed by atoms with van der Waals surface area (Å²) in [6.07, 6.45) is 2.40. The van der Waals surface area contributed by atoms with Crippen molar-refractivity contribution in [3.8, 4) is 17.0 Å². The molecule has 1 aliphatic carbocycles. The molecule has 3 aromatic rings.